The number of hydrogen-bond donors (Lipinski definition) is 2. The summed E-state index contributed by atoms with van der Waals surface area (Å²) in [6, 6.07) is 1.80. The van der Waals surface area contributed by atoms with Crippen molar-refractivity contribution in [1.29, 1.82) is 0 Å². The molecule has 1 aromatic heterocycles. The minimum atomic E-state index is -3.17. The zero-order valence-electron chi connectivity index (χ0n) is 11.0. The first-order valence-corrected chi connectivity index (χ1v) is 8.87. The van der Waals surface area contributed by atoms with E-state index in [1.54, 1.807) is 11.3 Å². The Morgan fingerprint density at radius 2 is 2.17 bits per heavy atom. The number of sulfonamides is 1. The summed E-state index contributed by atoms with van der Waals surface area (Å²) >= 11 is 1.58. The van der Waals surface area contributed by atoms with Gasteiger partial charge in [0.1, 0.15) is 0 Å². The molecular weight excluding hydrogens is 268 g/mol. The van der Waals surface area contributed by atoms with Crippen LogP contribution < -0.4 is 10.0 Å². The van der Waals surface area contributed by atoms with E-state index in [0.29, 0.717) is 6.42 Å². The lowest BCUT2D eigenvalue weighted by Gasteiger charge is -2.13. The first-order valence-electron chi connectivity index (χ1n) is 6.28. The van der Waals surface area contributed by atoms with Crippen molar-refractivity contribution in [2.24, 2.45) is 0 Å². The van der Waals surface area contributed by atoms with E-state index in [1.807, 2.05) is 30.7 Å². The van der Waals surface area contributed by atoms with Crippen LogP contribution in [0.3, 0.4) is 0 Å². The highest BCUT2D eigenvalue weighted by Gasteiger charge is 2.15. The van der Waals surface area contributed by atoms with Gasteiger partial charge in [-0.25, -0.2) is 13.1 Å². The molecule has 1 aromatic rings. The van der Waals surface area contributed by atoms with Crippen molar-refractivity contribution in [1.82, 2.24) is 10.0 Å². The molecule has 6 heteroatoms. The molecule has 0 aliphatic rings. The maximum Gasteiger partial charge on any atom is 0.212 e. The van der Waals surface area contributed by atoms with Crippen LogP contribution in [-0.2, 0) is 10.0 Å². The number of unbranched alkanes of at least 4 members (excludes halogenated alkanes) is 1. The fraction of sp³-hybridized carbons (Fsp3) is 0.667. The van der Waals surface area contributed by atoms with Gasteiger partial charge in [0.2, 0.25) is 10.0 Å². The van der Waals surface area contributed by atoms with Crippen LogP contribution in [0.25, 0.3) is 0 Å². The van der Waals surface area contributed by atoms with Gasteiger partial charge in [0.25, 0.3) is 0 Å². The smallest absolute Gasteiger partial charge is 0.212 e. The van der Waals surface area contributed by atoms with Crippen LogP contribution in [0.15, 0.2) is 16.8 Å². The predicted molar refractivity (Wildman–Crippen MR) is 77.4 cm³/mol. The van der Waals surface area contributed by atoms with Crippen molar-refractivity contribution in [2.45, 2.75) is 32.7 Å². The van der Waals surface area contributed by atoms with Crippen LogP contribution in [0.4, 0.5) is 0 Å². The number of rotatable bonds is 9. The van der Waals surface area contributed by atoms with Crippen molar-refractivity contribution >= 4 is 21.4 Å². The fourth-order valence-corrected chi connectivity index (χ4v) is 3.77. The molecule has 0 saturated heterocycles. The molecule has 0 aliphatic heterocycles. The standard InChI is InChI=1S/C12H22N2O2S2/c1-3-13-7-4-5-9-18(15,16)14-11(2)12-6-8-17-10-12/h6,8,10-11,13-14H,3-5,7,9H2,1-2H3. The fourth-order valence-electron chi connectivity index (χ4n) is 1.64. The molecule has 0 spiro atoms. The summed E-state index contributed by atoms with van der Waals surface area (Å²) in [5.74, 6) is 0.201. The molecule has 0 aromatic carbocycles. The molecule has 0 radical (unpaired) electrons. The molecule has 2 N–H and O–H groups in total. The van der Waals surface area contributed by atoms with Gasteiger partial charge in [-0.1, -0.05) is 6.92 Å². The molecule has 4 nitrogen and oxygen atoms in total. The summed E-state index contributed by atoms with van der Waals surface area (Å²) in [5, 5.41) is 7.11. The van der Waals surface area contributed by atoms with E-state index < -0.39 is 10.0 Å². The summed E-state index contributed by atoms with van der Waals surface area (Å²) < 4.78 is 26.4. The lowest BCUT2D eigenvalue weighted by atomic mass is 10.2. The van der Waals surface area contributed by atoms with Gasteiger partial charge < -0.3 is 5.32 Å². The van der Waals surface area contributed by atoms with Crippen molar-refractivity contribution in [3.8, 4) is 0 Å². The molecule has 0 saturated carbocycles. The van der Waals surface area contributed by atoms with Gasteiger partial charge in [-0.05, 0) is 55.2 Å². The minimum Gasteiger partial charge on any atom is -0.317 e. The van der Waals surface area contributed by atoms with E-state index in [0.717, 1.165) is 25.1 Å². The average molecular weight is 290 g/mol. The van der Waals surface area contributed by atoms with E-state index in [4.69, 9.17) is 0 Å². The van der Waals surface area contributed by atoms with Crippen molar-refractivity contribution in [3.05, 3.63) is 22.4 Å². The summed E-state index contributed by atoms with van der Waals surface area (Å²) in [4.78, 5) is 0. The van der Waals surface area contributed by atoms with Crippen molar-refractivity contribution in [2.75, 3.05) is 18.8 Å². The highest BCUT2D eigenvalue weighted by atomic mass is 32.2. The van der Waals surface area contributed by atoms with Crippen LogP contribution in [-0.4, -0.2) is 27.3 Å². The first kappa shape index (κ1) is 15.6. The SMILES string of the molecule is CCNCCCCS(=O)(=O)NC(C)c1ccsc1. The van der Waals surface area contributed by atoms with E-state index in [9.17, 15) is 8.42 Å². The second kappa shape index (κ2) is 7.89. The maximum atomic E-state index is 11.8. The van der Waals surface area contributed by atoms with Gasteiger partial charge in [-0.15, -0.1) is 0 Å². The summed E-state index contributed by atoms with van der Waals surface area (Å²) in [6.07, 6.45) is 1.58. The van der Waals surface area contributed by atoms with Gasteiger partial charge >= 0.3 is 0 Å². The Kier molecular flexibility index (Phi) is 6.85. The third kappa shape index (κ3) is 5.95. The largest absolute Gasteiger partial charge is 0.317 e. The van der Waals surface area contributed by atoms with Gasteiger partial charge in [0.15, 0.2) is 0 Å². The van der Waals surface area contributed by atoms with Gasteiger partial charge in [-0.3, -0.25) is 0 Å². The van der Waals surface area contributed by atoms with Crippen molar-refractivity contribution in [3.63, 3.8) is 0 Å². The summed E-state index contributed by atoms with van der Waals surface area (Å²) in [5.41, 5.74) is 1.02. The highest BCUT2D eigenvalue weighted by molar-refractivity contribution is 7.89. The summed E-state index contributed by atoms with van der Waals surface area (Å²) in [7, 11) is -3.17. The zero-order valence-corrected chi connectivity index (χ0v) is 12.6. The normalized spacial score (nSPS) is 13.7. The molecule has 0 bridgehead atoms. The first-order chi connectivity index (χ1) is 8.55. The molecule has 1 heterocycles. The van der Waals surface area contributed by atoms with Crippen LogP contribution in [0.5, 0.6) is 0 Å². The Labute approximate surface area is 114 Å². The summed E-state index contributed by atoms with van der Waals surface area (Å²) in [6.45, 7) is 5.73. The van der Waals surface area contributed by atoms with Crippen LogP contribution in [0, 0.1) is 0 Å². The third-order valence-electron chi connectivity index (χ3n) is 2.67. The molecule has 1 atom stereocenters. The number of nitrogens with one attached hydrogen (secondary N) is 2. The second-order valence-electron chi connectivity index (χ2n) is 4.28. The lowest BCUT2D eigenvalue weighted by Crippen LogP contribution is -2.29. The zero-order chi connectivity index (χ0) is 13.4. The highest BCUT2D eigenvalue weighted by Crippen LogP contribution is 2.16. The van der Waals surface area contributed by atoms with Gasteiger partial charge in [0, 0.05) is 6.04 Å². The average Bonchev–Trinajstić information content (AvgIpc) is 2.81. The van der Waals surface area contributed by atoms with E-state index in [2.05, 4.69) is 10.0 Å². The van der Waals surface area contributed by atoms with E-state index in [-0.39, 0.29) is 11.8 Å². The number of hydrogen-bond acceptors (Lipinski definition) is 4. The minimum absolute atomic E-state index is 0.144. The molecule has 104 valence electrons. The Morgan fingerprint density at radius 1 is 1.39 bits per heavy atom. The quantitative estimate of drug-likeness (QED) is 0.685. The Hall–Kier alpha value is -0.430. The molecule has 1 unspecified atom stereocenters. The third-order valence-corrected chi connectivity index (χ3v) is 4.91. The molecular formula is C12H22N2O2S2. The van der Waals surface area contributed by atoms with Crippen LogP contribution in [0.2, 0.25) is 0 Å². The molecule has 18 heavy (non-hydrogen) atoms. The second-order valence-corrected chi connectivity index (χ2v) is 6.93. The molecule has 0 amide bonds. The van der Waals surface area contributed by atoms with E-state index in [1.165, 1.54) is 0 Å². The molecule has 1 rings (SSSR count). The Balaban J connectivity index is 2.31. The monoisotopic (exact) mass is 290 g/mol. The molecule has 0 fully saturated rings. The van der Waals surface area contributed by atoms with Crippen LogP contribution >= 0.6 is 11.3 Å². The van der Waals surface area contributed by atoms with E-state index >= 15 is 0 Å². The molecule has 0 aliphatic carbocycles. The predicted octanol–water partition coefficient (Wildman–Crippen LogP) is 2.12. The maximum absolute atomic E-state index is 11.8. The van der Waals surface area contributed by atoms with Gasteiger partial charge in [0.05, 0.1) is 5.75 Å². The topological polar surface area (TPSA) is 58.2 Å². The Morgan fingerprint density at radius 3 is 2.78 bits per heavy atom. The lowest BCUT2D eigenvalue weighted by molar-refractivity contribution is 0.561. The number of thiophene rings is 1. The van der Waals surface area contributed by atoms with Gasteiger partial charge in [-0.2, -0.15) is 11.3 Å². The van der Waals surface area contributed by atoms with Crippen molar-refractivity contribution < 1.29 is 8.42 Å². The Bertz CT molecular complexity index is 415. The van der Waals surface area contributed by atoms with Crippen LogP contribution in [0.1, 0.15) is 38.3 Å².